The van der Waals surface area contributed by atoms with Crippen LogP contribution in [0.4, 0.5) is 0 Å². The van der Waals surface area contributed by atoms with Gasteiger partial charge in [0.2, 0.25) is 0 Å². The molecule has 0 N–H and O–H groups in total. The van der Waals surface area contributed by atoms with Crippen LogP contribution in [0, 0.1) is 3.57 Å². The molecule has 16 heavy (non-hydrogen) atoms. The van der Waals surface area contributed by atoms with Crippen molar-refractivity contribution in [3.8, 4) is 11.1 Å². The van der Waals surface area contributed by atoms with E-state index in [9.17, 15) is 0 Å². The molecule has 0 aliphatic heterocycles. The van der Waals surface area contributed by atoms with E-state index in [1.54, 1.807) is 0 Å². The monoisotopic (exact) mass is 320 g/mol. The van der Waals surface area contributed by atoms with Gasteiger partial charge in [-0.2, -0.15) is 0 Å². The van der Waals surface area contributed by atoms with Crippen LogP contribution in [0.5, 0.6) is 0 Å². The van der Waals surface area contributed by atoms with Crippen molar-refractivity contribution in [2.45, 2.75) is 19.3 Å². The topological polar surface area (TPSA) is 0 Å². The predicted octanol–water partition coefficient (Wildman–Crippen LogP) is 4.60. The molecule has 0 radical (unpaired) electrons. The van der Waals surface area contributed by atoms with Gasteiger partial charge in [-0.25, -0.2) is 0 Å². The Hall–Kier alpha value is -0.830. The third-order valence-electron chi connectivity index (χ3n) is 3.53. The van der Waals surface area contributed by atoms with Crippen molar-refractivity contribution in [3.05, 3.63) is 57.2 Å². The average Bonchev–Trinajstić information content (AvgIpc) is 2.50. The smallest absolute Gasteiger partial charge is 0.0177 e. The Labute approximate surface area is 110 Å². The van der Waals surface area contributed by atoms with Gasteiger partial charge in [0.1, 0.15) is 0 Å². The second-order valence-corrected chi connectivity index (χ2v) is 6.00. The first-order valence-corrected chi connectivity index (χ1v) is 6.59. The SMILES string of the molecule is CC1(C)c2ccccc2-c2cccc(I)c21. The van der Waals surface area contributed by atoms with Gasteiger partial charge in [0.25, 0.3) is 0 Å². The molecule has 80 valence electrons. The zero-order valence-corrected chi connectivity index (χ0v) is 11.6. The third-order valence-corrected chi connectivity index (χ3v) is 4.43. The number of hydrogen-bond acceptors (Lipinski definition) is 0. The minimum Gasteiger partial charge on any atom is -0.0619 e. The predicted molar refractivity (Wildman–Crippen MR) is 76.7 cm³/mol. The first kappa shape index (κ1) is 10.3. The largest absolute Gasteiger partial charge is 0.0619 e. The van der Waals surface area contributed by atoms with Crippen LogP contribution in [-0.2, 0) is 5.41 Å². The summed E-state index contributed by atoms with van der Waals surface area (Å²) in [5.74, 6) is 0. The van der Waals surface area contributed by atoms with Crippen LogP contribution in [0.15, 0.2) is 42.5 Å². The van der Waals surface area contributed by atoms with Crippen LogP contribution in [-0.4, -0.2) is 0 Å². The van der Waals surface area contributed by atoms with Gasteiger partial charge in [0.15, 0.2) is 0 Å². The molecule has 0 amide bonds. The van der Waals surface area contributed by atoms with Crippen molar-refractivity contribution in [2.24, 2.45) is 0 Å². The van der Waals surface area contributed by atoms with Crippen LogP contribution < -0.4 is 0 Å². The molecule has 1 aliphatic carbocycles. The Bertz CT molecular complexity index is 567. The summed E-state index contributed by atoms with van der Waals surface area (Å²) in [7, 11) is 0. The second-order valence-electron chi connectivity index (χ2n) is 4.83. The van der Waals surface area contributed by atoms with Crippen LogP contribution in [0.25, 0.3) is 11.1 Å². The molecule has 0 unspecified atom stereocenters. The van der Waals surface area contributed by atoms with E-state index in [-0.39, 0.29) is 5.41 Å². The fourth-order valence-electron chi connectivity index (χ4n) is 2.78. The van der Waals surface area contributed by atoms with Gasteiger partial charge in [-0.15, -0.1) is 0 Å². The lowest BCUT2D eigenvalue weighted by atomic mass is 9.82. The van der Waals surface area contributed by atoms with Crippen LogP contribution in [0.3, 0.4) is 0 Å². The molecular weight excluding hydrogens is 307 g/mol. The number of hydrogen-bond donors (Lipinski definition) is 0. The minimum atomic E-state index is 0.143. The molecule has 0 fully saturated rings. The third kappa shape index (κ3) is 1.21. The Morgan fingerprint density at radius 3 is 2.38 bits per heavy atom. The molecule has 0 saturated heterocycles. The van der Waals surface area contributed by atoms with Crippen LogP contribution in [0.2, 0.25) is 0 Å². The van der Waals surface area contributed by atoms with Gasteiger partial charge in [0.05, 0.1) is 0 Å². The lowest BCUT2D eigenvalue weighted by molar-refractivity contribution is 0.656. The Balaban J connectivity index is 2.44. The molecule has 0 atom stereocenters. The number of halogens is 1. The quantitative estimate of drug-likeness (QED) is 0.623. The van der Waals surface area contributed by atoms with Crippen molar-refractivity contribution in [2.75, 3.05) is 0 Å². The fraction of sp³-hybridized carbons (Fsp3) is 0.200. The zero-order chi connectivity index (χ0) is 11.3. The van der Waals surface area contributed by atoms with Gasteiger partial charge >= 0.3 is 0 Å². The highest BCUT2D eigenvalue weighted by molar-refractivity contribution is 14.1. The summed E-state index contributed by atoms with van der Waals surface area (Å²) < 4.78 is 1.37. The van der Waals surface area contributed by atoms with E-state index >= 15 is 0 Å². The van der Waals surface area contributed by atoms with E-state index in [2.05, 4.69) is 78.9 Å². The zero-order valence-electron chi connectivity index (χ0n) is 9.42. The summed E-state index contributed by atoms with van der Waals surface area (Å²) in [5, 5.41) is 0. The van der Waals surface area contributed by atoms with E-state index < -0.39 is 0 Å². The summed E-state index contributed by atoms with van der Waals surface area (Å²) in [4.78, 5) is 0. The summed E-state index contributed by atoms with van der Waals surface area (Å²) >= 11 is 2.45. The van der Waals surface area contributed by atoms with Crippen LogP contribution >= 0.6 is 22.6 Å². The first-order chi connectivity index (χ1) is 7.62. The molecule has 0 spiro atoms. The second kappa shape index (κ2) is 3.33. The molecule has 1 heteroatoms. The molecule has 1 aliphatic rings. The Morgan fingerprint density at radius 2 is 1.56 bits per heavy atom. The summed E-state index contributed by atoms with van der Waals surface area (Å²) in [6.45, 7) is 4.64. The molecule has 0 saturated carbocycles. The summed E-state index contributed by atoms with van der Waals surface area (Å²) in [6, 6.07) is 15.4. The average molecular weight is 320 g/mol. The maximum atomic E-state index is 2.45. The van der Waals surface area contributed by atoms with Crippen molar-refractivity contribution < 1.29 is 0 Å². The lowest BCUT2D eigenvalue weighted by Gasteiger charge is -2.22. The first-order valence-electron chi connectivity index (χ1n) is 5.51. The molecule has 0 aromatic heterocycles. The molecule has 0 bridgehead atoms. The van der Waals surface area contributed by atoms with Gasteiger partial charge in [-0.1, -0.05) is 50.2 Å². The molecule has 2 aromatic rings. The fourth-order valence-corrected chi connectivity index (χ4v) is 3.95. The van der Waals surface area contributed by atoms with Gasteiger partial charge < -0.3 is 0 Å². The number of fused-ring (bicyclic) bond motifs is 3. The number of rotatable bonds is 0. The highest BCUT2D eigenvalue weighted by Gasteiger charge is 2.36. The van der Waals surface area contributed by atoms with Gasteiger partial charge in [0, 0.05) is 8.99 Å². The van der Waals surface area contributed by atoms with Crippen molar-refractivity contribution in [1.82, 2.24) is 0 Å². The summed E-state index contributed by atoms with van der Waals surface area (Å²) in [6.07, 6.45) is 0. The molecule has 0 nitrogen and oxygen atoms in total. The maximum absolute atomic E-state index is 2.45. The maximum Gasteiger partial charge on any atom is 0.0177 e. The molecular formula is C15H13I. The molecule has 2 aromatic carbocycles. The van der Waals surface area contributed by atoms with E-state index in [0.717, 1.165) is 0 Å². The number of benzene rings is 2. The van der Waals surface area contributed by atoms with E-state index in [0.29, 0.717) is 0 Å². The summed E-state index contributed by atoms with van der Waals surface area (Å²) in [5.41, 5.74) is 5.89. The minimum absolute atomic E-state index is 0.143. The normalized spacial score (nSPS) is 15.7. The Morgan fingerprint density at radius 1 is 0.875 bits per heavy atom. The highest BCUT2D eigenvalue weighted by Crippen LogP contribution is 2.49. The molecule has 3 rings (SSSR count). The van der Waals surface area contributed by atoms with Crippen molar-refractivity contribution in [3.63, 3.8) is 0 Å². The van der Waals surface area contributed by atoms with E-state index in [1.165, 1.54) is 25.8 Å². The Kier molecular flexibility index (Phi) is 2.15. The van der Waals surface area contributed by atoms with Gasteiger partial charge in [-0.3, -0.25) is 0 Å². The lowest BCUT2D eigenvalue weighted by Crippen LogP contribution is -2.16. The standard InChI is InChI=1S/C15H13I/c1-15(2)12-8-4-3-6-10(12)11-7-5-9-13(16)14(11)15/h3-9H,1-2H3. The van der Waals surface area contributed by atoms with Gasteiger partial charge in [-0.05, 0) is 50.9 Å². The molecule has 0 heterocycles. The van der Waals surface area contributed by atoms with Crippen LogP contribution in [0.1, 0.15) is 25.0 Å². The van der Waals surface area contributed by atoms with E-state index in [1.807, 2.05) is 0 Å². The van der Waals surface area contributed by atoms with Crippen molar-refractivity contribution >= 4 is 22.6 Å². The highest BCUT2D eigenvalue weighted by atomic mass is 127. The van der Waals surface area contributed by atoms with Crippen molar-refractivity contribution in [1.29, 1.82) is 0 Å². The van der Waals surface area contributed by atoms with E-state index in [4.69, 9.17) is 0 Å².